The van der Waals surface area contributed by atoms with Gasteiger partial charge in [-0.3, -0.25) is 0 Å². The smallest absolute Gasteiger partial charge is 0.161 e. The van der Waals surface area contributed by atoms with Crippen LogP contribution in [0.2, 0.25) is 0 Å². The van der Waals surface area contributed by atoms with Crippen molar-refractivity contribution in [1.82, 2.24) is 5.32 Å². The lowest BCUT2D eigenvalue weighted by Crippen LogP contribution is -2.18. The summed E-state index contributed by atoms with van der Waals surface area (Å²) in [5.41, 5.74) is 1.14. The van der Waals surface area contributed by atoms with Crippen molar-refractivity contribution in [3.63, 3.8) is 0 Å². The van der Waals surface area contributed by atoms with E-state index in [1.807, 2.05) is 18.2 Å². The molecule has 4 nitrogen and oxygen atoms in total. The Bertz CT molecular complexity index is 412. The molecular formula is C15H21NO3. The normalized spacial score (nSPS) is 9.95. The molecule has 0 bridgehead atoms. The van der Waals surface area contributed by atoms with Crippen molar-refractivity contribution in [2.24, 2.45) is 0 Å². The fourth-order valence-corrected chi connectivity index (χ4v) is 1.57. The van der Waals surface area contributed by atoms with E-state index in [2.05, 4.69) is 11.2 Å². The average Bonchev–Trinajstić information content (AvgIpc) is 2.45. The summed E-state index contributed by atoms with van der Waals surface area (Å²) in [4.78, 5) is 0. The lowest BCUT2D eigenvalue weighted by atomic mass is 10.2. The lowest BCUT2D eigenvalue weighted by Gasteiger charge is -2.12. The van der Waals surface area contributed by atoms with Crippen LogP contribution in [0.4, 0.5) is 0 Å². The van der Waals surface area contributed by atoms with Crippen molar-refractivity contribution in [2.45, 2.75) is 13.0 Å². The second kappa shape index (κ2) is 9.26. The first-order valence-corrected chi connectivity index (χ1v) is 6.24. The van der Waals surface area contributed by atoms with Gasteiger partial charge in [0.15, 0.2) is 11.5 Å². The van der Waals surface area contributed by atoms with Crippen molar-refractivity contribution in [2.75, 3.05) is 34.0 Å². The first-order valence-electron chi connectivity index (χ1n) is 6.24. The SMILES string of the molecule is C#CCCOc1ccc(CNCCOC)cc1OC. The Hall–Kier alpha value is -1.70. The zero-order chi connectivity index (χ0) is 13.9. The minimum Gasteiger partial charge on any atom is -0.493 e. The quantitative estimate of drug-likeness (QED) is 0.545. The number of hydrogen-bond donors (Lipinski definition) is 1. The van der Waals surface area contributed by atoms with Gasteiger partial charge in [0, 0.05) is 26.6 Å². The number of ether oxygens (including phenoxy) is 3. The Morgan fingerprint density at radius 2 is 2.05 bits per heavy atom. The maximum Gasteiger partial charge on any atom is 0.161 e. The minimum absolute atomic E-state index is 0.498. The summed E-state index contributed by atoms with van der Waals surface area (Å²) in [6, 6.07) is 5.88. The first-order chi connectivity index (χ1) is 9.31. The maximum atomic E-state index is 5.56. The van der Waals surface area contributed by atoms with Crippen molar-refractivity contribution in [3.05, 3.63) is 23.8 Å². The largest absolute Gasteiger partial charge is 0.493 e. The number of nitrogens with one attached hydrogen (secondary N) is 1. The molecule has 0 radical (unpaired) electrons. The van der Waals surface area contributed by atoms with Crippen LogP contribution in [-0.2, 0) is 11.3 Å². The molecular weight excluding hydrogens is 242 g/mol. The summed E-state index contributed by atoms with van der Waals surface area (Å²) < 4.78 is 15.8. The summed E-state index contributed by atoms with van der Waals surface area (Å²) in [6.45, 7) is 2.78. The van der Waals surface area contributed by atoms with Crippen LogP contribution in [0.3, 0.4) is 0 Å². The molecule has 0 saturated heterocycles. The van der Waals surface area contributed by atoms with E-state index in [-0.39, 0.29) is 0 Å². The van der Waals surface area contributed by atoms with Crippen molar-refractivity contribution in [3.8, 4) is 23.8 Å². The van der Waals surface area contributed by atoms with Gasteiger partial charge < -0.3 is 19.5 Å². The Balaban J connectivity index is 2.54. The van der Waals surface area contributed by atoms with Gasteiger partial charge in [-0.05, 0) is 17.7 Å². The molecule has 104 valence electrons. The molecule has 0 spiro atoms. The third-order valence-electron chi connectivity index (χ3n) is 2.54. The second-order valence-electron chi connectivity index (χ2n) is 3.96. The van der Waals surface area contributed by atoms with Gasteiger partial charge in [0.1, 0.15) is 0 Å². The van der Waals surface area contributed by atoms with Gasteiger partial charge in [-0.2, -0.15) is 0 Å². The molecule has 0 fully saturated rings. The fourth-order valence-electron chi connectivity index (χ4n) is 1.57. The average molecular weight is 263 g/mol. The molecule has 0 heterocycles. The molecule has 0 unspecified atom stereocenters. The van der Waals surface area contributed by atoms with Gasteiger partial charge in [0.25, 0.3) is 0 Å². The van der Waals surface area contributed by atoms with Crippen LogP contribution < -0.4 is 14.8 Å². The molecule has 19 heavy (non-hydrogen) atoms. The van der Waals surface area contributed by atoms with E-state index < -0.39 is 0 Å². The zero-order valence-electron chi connectivity index (χ0n) is 11.6. The van der Waals surface area contributed by atoms with Crippen molar-refractivity contribution in [1.29, 1.82) is 0 Å². The standard InChI is InChI=1S/C15H21NO3/c1-4-5-9-19-14-7-6-13(11-15(14)18-3)12-16-8-10-17-2/h1,6-7,11,16H,5,8-10,12H2,2-3H3. The van der Waals surface area contributed by atoms with Crippen LogP contribution in [0.25, 0.3) is 0 Å². The second-order valence-corrected chi connectivity index (χ2v) is 3.96. The van der Waals surface area contributed by atoms with Gasteiger partial charge in [-0.25, -0.2) is 0 Å². The molecule has 0 saturated carbocycles. The molecule has 1 rings (SSSR count). The highest BCUT2D eigenvalue weighted by Crippen LogP contribution is 2.28. The Kier molecular flexibility index (Phi) is 7.48. The molecule has 0 aliphatic carbocycles. The predicted octanol–water partition coefficient (Wildman–Crippen LogP) is 1.83. The monoisotopic (exact) mass is 263 g/mol. The molecule has 4 heteroatoms. The summed E-state index contributed by atoms with van der Waals surface area (Å²) in [6.07, 6.45) is 5.77. The summed E-state index contributed by atoms with van der Waals surface area (Å²) in [7, 11) is 3.32. The Labute approximate surface area is 115 Å². The van der Waals surface area contributed by atoms with Crippen LogP contribution >= 0.6 is 0 Å². The van der Waals surface area contributed by atoms with E-state index in [0.717, 1.165) is 30.2 Å². The van der Waals surface area contributed by atoms with Gasteiger partial charge in [0.2, 0.25) is 0 Å². The molecule has 1 aromatic rings. The van der Waals surface area contributed by atoms with E-state index in [0.29, 0.717) is 19.6 Å². The van der Waals surface area contributed by atoms with Crippen LogP contribution in [-0.4, -0.2) is 34.0 Å². The van der Waals surface area contributed by atoms with E-state index in [1.165, 1.54) is 0 Å². The number of hydrogen-bond acceptors (Lipinski definition) is 4. The number of terminal acetylenes is 1. The zero-order valence-corrected chi connectivity index (χ0v) is 11.6. The summed E-state index contributed by atoms with van der Waals surface area (Å²) in [5.74, 6) is 3.98. The molecule has 0 aliphatic heterocycles. The highest BCUT2D eigenvalue weighted by Gasteiger charge is 2.05. The highest BCUT2D eigenvalue weighted by atomic mass is 16.5. The topological polar surface area (TPSA) is 39.7 Å². The summed E-state index contributed by atoms with van der Waals surface area (Å²) in [5, 5.41) is 3.28. The van der Waals surface area contributed by atoms with E-state index in [9.17, 15) is 0 Å². The van der Waals surface area contributed by atoms with E-state index in [4.69, 9.17) is 20.6 Å². The van der Waals surface area contributed by atoms with Gasteiger partial charge in [-0.1, -0.05) is 6.07 Å². The molecule has 1 aromatic carbocycles. The number of rotatable bonds is 9. The molecule has 0 aromatic heterocycles. The number of benzene rings is 1. The third-order valence-corrected chi connectivity index (χ3v) is 2.54. The van der Waals surface area contributed by atoms with E-state index >= 15 is 0 Å². The molecule has 0 aliphatic rings. The highest BCUT2D eigenvalue weighted by molar-refractivity contribution is 5.42. The molecule has 1 N–H and O–H groups in total. The van der Waals surface area contributed by atoms with Crippen LogP contribution in [0.5, 0.6) is 11.5 Å². The van der Waals surface area contributed by atoms with Gasteiger partial charge in [-0.15, -0.1) is 12.3 Å². The fraction of sp³-hybridized carbons (Fsp3) is 0.467. The molecule has 0 atom stereocenters. The minimum atomic E-state index is 0.498. The predicted molar refractivity (Wildman–Crippen MR) is 75.5 cm³/mol. The number of methoxy groups -OCH3 is 2. The lowest BCUT2D eigenvalue weighted by molar-refractivity contribution is 0.199. The van der Waals surface area contributed by atoms with Gasteiger partial charge >= 0.3 is 0 Å². The maximum absolute atomic E-state index is 5.56. The summed E-state index contributed by atoms with van der Waals surface area (Å²) >= 11 is 0. The van der Waals surface area contributed by atoms with E-state index in [1.54, 1.807) is 14.2 Å². The third kappa shape index (κ3) is 5.64. The Morgan fingerprint density at radius 1 is 1.21 bits per heavy atom. The Morgan fingerprint density at radius 3 is 2.74 bits per heavy atom. The van der Waals surface area contributed by atoms with Crippen molar-refractivity contribution < 1.29 is 14.2 Å². The first kappa shape index (κ1) is 15.4. The van der Waals surface area contributed by atoms with Crippen LogP contribution in [0, 0.1) is 12.3 Å². The van der Waals surface area contributed by atoms with Crippen LogP contribution in [0.1, 0.15) is 12.0 Å². The van der Waals surface area contributed by atoms with Gasteiger partial charge in [0.05, 0.1) is 20.3 Å². The van der Waals surface area contributed by atoms with Crippen LogP contribution in [0.15, 0.2) is 18.2 Å². The van der Waals surface area contributed by atoms with Crippen molar-refractivity contribution >= 4 is 0 Å². The molecule has 0 amide bonds.